The molecule has 0 bridgehead atoms. The zero-order valence-electron chi connectivity index (χ0n) is 12.4. The van der Waals surface area contributed by atoms with Gasteiger partial charge in [0.2, 0.25) is 0 Å². The van der Waals surface area contributed by atoms with Crippen LogP contribution in [0, 0.1) is 5.41 Å². The monoisotopic (exact) mass is 268 g/mol. The van der Waals surface area contributed by atoms with E-state index in [2.05, 4.69) is 13.8 Å². The minimum atomic E-state index is -0.354. The molecule has 0 aromatic rings. The maximum atomic E-state index is 10.9. The lowest BCUT2D eigenvalue weighted by molar-refractivity contribution is -0.143. The number of carbonyl (C=O) groups excluding carboxylic acids is 1. The van der Waals surface area contributed by atoms with Gasteiger partial charge < -0.3 is 14.6 Å². The van der Waals surface area contributed by atoms with E-state index in [-0.39, 0.29) is 34.8 Å². The molecule has 1 N–H and O–H groups in total. The average Bonchev–Trinajstić information content (AvgIpc) is 2.80. The van der Waals surface area contributed by atoms with E-state index in [1.807, 2.05) is 26.0 Å². The van der Waals surface area contributed by atoms with Gasteiger partial charge in [0.05, 0.1) is 6.10 Å². The number of carbonyl (C=O) groups is 1. The minimum absolute atomic E-state index is 0.133. The highest BCUT2D eigenvalue weighted by Gasteiger charge is 2.74. The maximum Gasteiger partial charge on any atom is 0.303 e. The van der Waals surface area contributed by atoms with Crippen LogP contribution in [0.4, 0.5) is 0 Å². The van der Waals surface area contributed by atoms with Crippen LogP contribution in [0.3, 0.4) is 0 Å². The lowest BCUT2D eigenvalue weighted by Gasteiger charge is -2.39. The first-order valence-corrected chi connectivity index (χ1v) is 6.87. The van der Waals surface area contributed by atoms with Gasteiger partial charge in [-0.3, -0.25) is 4.79 Å². The second-order valence-electron chi connectivity index (χ2n) is 6.69. The summed E-state index contributed by atoms with van der Waals surface area (Å²) in [7, 11) is 0. The molecule has 4 atom stereocenters. The van der Waals surface area contributed by atoms with Crippen molar-refractivity contribution in [3.05, 3.63) is 12.2 Å². The third-order valence-corrected chi connectivity index (χ3v) is 4.46. The van der Waals surface area contributed by atoms with Gasteiger partial charge >= 0.3 is 5.97 Å². The number of aliphatic hydroxyl groups is 1. The standard InChI is InChI=1S/C15H24O4/c1-10(18-11(2)16)6-7-15-13(3,4)8-12(17)9-14(15,5)19-15/h6-7,10,12,17H,8-9H2,1-5H3/b7-6+/t10-,12-,14+,15-/m0/s1. The molecule has 2 fully saturated rings. The molecular formula is C15H24O4. The van der Waals surface area contributed by atoms with E-state index in [0.717, 1.165) is 6.42 Å². The highest BCUT2D eigenvalue weighted by molar-refractivity contribution is 5.66. The molecule has 0 radical (unpaired) electrons. The minimum Gasteiger partial charge on any atom is -0.459 e. The lowest BCUT2D eigenvalue weighted by Crippen LogP contribution is -2.46. The van der Waals surface area contributed by atoms with Gasteiger partial charge in [-0.05, 0) is 32.4 Å². The quantitative estimate of drug-likeness (QED) is 0.484. The third-order valence-electron chi connectivity index (χ3n) is 4.46. The summed E-state index contributed by atoms with van der Waals surface area (Å²) in [6, 6.07) is 0. The van der Waals surface area contributed by atoms with E-state index in [9.17, 15) is 9.90 Å². The first-order chi connectivity index (χ1) is 8.62. The van der Waals surface area contributed by atoms with Crippen molar-refractivity contribution in [3.8, 4) is 0 Å². The van der Waals surface area contributed by atoms with Crippen molar-refractivity contribution >= 4 is 5.97 Å². The molecule has 2 rings (SSSR count). The number of rotatable bonds is 3. The molecular weight excluding hydrogens is 244 g/mol. The van der Waals surface area contributed by atoms with Crippen LogP contribution >= 0.6 is 0 Å². The summed E-state index contributed by atoms with van der Waals surface area (Å²) in [6.07, 6.45) is 4.70. The van der Waals surface area contributed by atoms with Crippen molar-refractivity contribution in [3.63, 3.8) is 0 Å². The van der Waals surface area contributed by atoms with E-state index in [1.165, 1.54) is 6.92 Å². The van der Waals surface area contributed by atoms with Gasteiger partial charge in [-0.1, -0.05) is 13.8 Å². The summed E-state index contributed by atoms with van der Waals surface area (Å²) in [6.45, 7) is 9.50. The lowest BCUT2D eigenvalue weighted by atomic mass is 9.63. The fourth-order valence-electron chi connectivity index (χ4n) is 3.65. The molecule has 4 nitrogen and oxygen atoms in total. The van der Waals surface area contributed by atoms with Crippen LogP contribution < -0.4 is 0 Å². The van der Waals surface area contributed by atoms with Gasteiger partial charge in [-0.2, -0.15) is 0 Å². The Balaban J connectivity index is 2.15. The summed E-state index contributed by atoms with van der Waals surface area (Å²) < 4.78 is 11.1. The number of hydrogen-bond acceptors (Lipinski definition) is 4. The number of ether oxygens (including phenoxy) is 2. The van der Waals surface area contributed by atoms with E-state index in [1.54, 1.807) is 0 Å². The SMILES string of the molecule is CC(=O)O[C@@H](C)/C=C/[C@@]12O[C@]1(C)C[C@@H](O)CC2(C)C. The molecule has 0 aromatic heterocycles. The molecule has 1 aliphatic carbocycles. The molecule has 1 heterocycles. The third kappa shape index (κ3) is 2.32. The smallest absolute Gasteiger partial charge is 0.303 e. The molecule has 2 aliphatic rings. The van der Waals surface area contributed by atoms with Crippen LogP contribution in [-0.4, -0.2) is 34.5 Å². The Morgan fingerprint density at radius 2 is 2.05 bits per heavy atom. The number of epoxide rings is 1. The summed E-state index contributed by atoms with van der Waals surface area (Å²) in [5.41, 5.74) is -0.792. The molecule has 1 saturated heterocycles. The first-order valence-electron chi connectivity index (χ1n) is 6.87. The zero-order valence-corrected chi connectivity index (χ0v) is 12.4. The molecule has 19 heavy (non-hydrogen) atoms. The van der Waals surface area contributed by atoms with Crippen molar-refractivity contribution in [2.45, 2.75) is 70.9 Å². The van der Waals surface area contributed by atoms with E-state index < -0.39 is 0 Å². The van der Waals surface area contributed by atoms with Crippen LogP contribution in [0.25, 0.3) is 0 Å². The second kappa shape index (κ2) is 4.32. The Morgan fingerprint density at radius 1 is 1.42 bits per heavy atom. The predicted molar refractivity (Wildman–Crippen MR) is 71.6 cm³/mol. The Bertz CT molecular complexity index is 414. The van der Waals surface area contributed by atoms with Crippen molar-refractivity contribution in [2.24, 2.45) is 5.41 Å². The zero-order chi connectivity index (χ0) is 14.5. The molecule has 0 aromatic carbocycles. The second-order valence-corrected chi connectivity index (χ2v) is 6.69. The topological polar surface area (TPSA) is 59.1 Å². The largest absolute Gasteiger partial charge is 0.459 e. The van der Waals surface area contributed by atoms with Gasteiger partial charge in [0, 0.05) is 18.8 Å². The average molecular weight is 268 g/mol. The van der Waals surface area contributed by atoms with Gasteiger partial charge in [0.15, 0.2) is 0 Å². The van der Waals surface area contributed by atoms with Gasteiger partial charge in [0.25, 0.3) is 0 Å². The predicted octanol–water partition coefficient (Wildman–Crippen LogP) is 2.20. The van der Waals surface area contributed by atoms with Crippen molar-refractivity contribution in [1.82, 2.24) is 0 Å². The van der Waals surface area contributed by atoms with Gasteiger partial charge in [0.1, 0.15) is 17.3 Å². The van der Waals surface area contributed by atoms with Crippen LogP contribution in [-0.2, 0) is 14.3 Å². The first kappa shape index (κ1) is 14.5. The number of esters is 1. The molecule has 1 aliphatic heterocycles. The van der Waals surface area contributed by atoms with E-state index in [0.29, 0.717) is 6.42 Å². The van der Waals surface area contributed by atoms with Crippen LogP contribution in [0.1, 0.15) is 47.5 Å². The molecule has 0 spiro atoms. The molecule has 4 heteroatoms. The number of hydrogen-bond donors (Lipinski definition) is 1. The van der Waals surface area contributed by atoms with E-state index in [4.69, 9.17) is 9.47 Å². The molecule has 108 valence electrons. The van der Waals surface area contributed by atoms with Gasteiger partial charge in [-0.25, -0.2) is 0 Å². The van der Waals surface area contributed by atoms with Crippen molar-refractivity contribution < 1.29 is 19.4 Å². The summed E-state index contributed by atoms with van der Waals surface area (Å²) in [4.78, 5) is 10.9. The summed E-state index contributed by atoms with van der Waals surface area (Å²) >= 11 is 0. The van der Waals surface area contributed by atoms with E-state index >= 15 is 0 Å². The molecule has 1 saturated carbocycles. The van der Waals surface area contributed by atoms with Crippen LogP contribution in [0.5, 0.6) is 0 Å². The van der Waals surface area contributed by atoms with Crippen LogP contribution in [0.2, 0.25) is 0 Å². The Hall–Kier alpha value is -0.870. The Morgan fingerprint density at radius 3 is 2.58 bits per heavy atom. The highest BCUT2D eigenvalue weighted by Crippen LogP contribution is 2.65. The molecule has 0 unspecified atom stereocenters. The number of aliphatic hydroxyl groups excluding tert-OH is 1. The van der Waals surface area contributed by atoms with Crippen molar-refractivity contribution in [1.29, 1.82) is 0 Å². The van der Waals surface area contributed by atoms with Gasteiger partial charge in [-0.15, -0.1) is 0 Å². The Labute approximate surface area is 114 Å². The fraction of sp³-hybridized carbons (Fsp3) is 0.800. The highest BCUT2D eigenvalue weighted by atomic mass is 16.6. The normalized spacial score (nSPS) is 41.7. The summed E-state index contributed by atoms with van der Waals surface area (Å²) in [5.74, 6) is -0.285. The fourth-order valence-corrected chi connectivity index (χ4v) is 3.65. The maximum absolute atomic E-state index is 10.9. The Kier molecular flexibility index (Phi) is 3.30. The number of fused-ring (bicyclic) bond motifs is 1. The van der Waals surface area contributed by atoms with Crippen molar-refractivity contribution in [2.75, 3.05) is 0 Å². The molecule has 0 amide bonds. The van der Waals surface area contributed by atoms with Crippen LogP contribution in [0.15, 0.2) is 12.2 Å². The summed E-state index contributed by atoms with van der Waals surface area (Å²) in [5, 5.41) is 9.94.